The molecule has 0 saturated heterocycles. The van der Waals surface area contributed by atoms with Crippen LogP contribution in [0.3, 0.4) is 0 Å². The minimum Gasteiger partial charge on any atom is -0.326 e. The number of hydrogen-bond donors (Lipinski definition) is 1. The van der Waals surface area contributed by atoms with E-state index in [2.05, 4.69) is 57.8 Å². The Morgan fingerprint density at radius 2 is 1.41 bits per heavy atom. The van der Waals surface area contributed by atoms with Gasteiger partial charge < -0.3 is 5.73 Å². The highest BCUT2D eigenvalue weighted by Crippen LogP contribution is 2.15. The molecule has 0 radical (unpaired) electrons. The third-order valence-corrected chi connectivity index (χ3v) is 4.33. The van der Waals surface area contributed by atoms with E-state index in [1.165, 1.54) is 0 Å². The molecule has 2 heterocycles. The fourth-order valence-electron chi connectivity index (χ4n) is 1.32. The number of alkyl halides is 1. The van der Waals surface area contributed by atoms with Crippen LogP contribution in [0.1, 0.15) is 22.3 Å². The van der Waals surface area contributed by atoms with Crippen molar-refractivity contribution in [3.8, 4) is 12.1 Å². The van der Waals surface area contributed by atoms with Gasteiger partial charge in [0.1, 0.15) is 21.3 Å². The quantitative estimate of drug-likeness (QED) is 0.513. The van der Waals surface area contributed by atoms with Gasteiger partial charge in [-0.05, 0) is 55.1 Å². The first kappa shape index (κ1) is 18.7. The smallest absolute Gasteiger partial charge is 0.123 e. The van der Waals surface area contributed by atoms with Crippen molar-refractivity contribution in [3.63, 3.8) is 0 Å². The first-order chi connectivity index (χ1) is 10.5. The Morgan fingerprint density at radius 3 is 1.82 bits per heavy atom. The van der Waals surface area contributed by atoms with Crippen LogP contribution in [-0.2, 0) is 11.9 Å². The van der Waals surface area contributed by atoms with Gasteiger partial charge in [-0.3, -0.25) is 0 Å². The molecule has 0 unspecified atom stereocenters. The maximum Gasteiger partial charge on any atom is 0.123 e. The third-order valence-electron chi connectivity index (χ3n) is 2.42. The van der Waals surface area contributed by atoms with E-state index < -0.39 is 0 Å². The van der Waals surface area contributed by atoms with Crippen LogP contribution in [0, 0.1) is 22.7 Å². The Hall–Kier alpha value is -1.32. The Labute approximate surface area is 153 Å². The number of nitrogens with two attached hydrogens (primary N) is 1. The summed E-state index contributed by atoms with van der Waals surface area (Å²) in [6.07, 6.45) is 3.37. The summed E-state index contributed by atoms with van der Waals surface area (Å²) in [4.78, 5) is 7.92. The van der Waals surface area contributed by atoms with Crippen LogP contribution in [0.4, 0.5) is 0 Å². The summed E-state index contributed by atoms with van der Waals surface area (Å²) in [6, 6.07) is 7.56. The molecular formula is C14H10Br3N5. The molecule has 0 amide bonds. The van der Waals surface area contributed by atoms with Crippen molar-refractivity contribution in [3.05, 3.63) is 56.0 Å². The van der Waals surface area contributed by atoms with Crippen molar-refractivity contribution in [2.75, 3.05) is 0 Å². The van der Waals surface area contributed by atoms with E-state index in [4.69, 9.17) is 16.3 Å². The zero-order valence-corrected chi connectivity index (χ0v) is 16.0. The topological polar surface area (TPSA) is 99.4 Å². The van der Waals surface area contributed by atoms with Gasteiger partial charge in [0.2, 0.25) is 0 Å². The summed E-state index contributed by atoms with van der Waals surface area (Å²) >= 11 is 9.60. The molecule has 2 N–H and O–H groups in total. The van der Waals surface area contributed by atoms with E-state index in [1.54, 1.807) is 24.5 Å². The first-order valence-corrected chi connectivity index (χ1v) is 8.61. The summed E-state index contributed by atoms with van der Waals surface area (Å²) in [5, 5.41) is 17.9. The van der Waals surface area contributed by atoms with Crippen LogP contribution in [0.25, 0.3) is 0 Å². The van der Waals surface area contributed by atoms with E-state index in [0.29, 0.717) is 26.9 Å². The molecule has 0 aromatic carbocycles. The van der Waals surface area contributed by atoms with Crippen LogP contribution in [-0.4, -0.2) is 9.97 Å². The SMILES string of the molecule is N#Cc1cc(CBr)cnc1Br.N#Cc1cc(CN)cnc1Br. The maximum atomic E-state index is 8.60. The molecule has 0 spiro atoms. The Balaban J connectivity index is 0.000000220. The molecule has 0 bridgehead atoms. The van der Waals surface area contributed by atoms with Gasteiger partial charge in [0.25, 0.3) is 0 Å². The highest BCUT2D eigenvalue weighted by molar-refractivity contribution is 9.10. The molecule has 0 atom stereocenters. The summed E-state index contributed by atoms with van der Waals surface area (Å²) in [7, 11) is 0. The highest BCUT2D eigenvalue weighted by Gasteiger charge is 2.00. The molecule has 0 aliphatic heterocycles. The van der Waals surface area contributed by atoms with Crippen molar-refractivity contribution < 1.29 is 0 Å². The minimum absolute atomic E-state index is 0.412. The lowest BCUT2D eigenvalue weighted by Crippen LogP contribution is -1.97. The number of aromatic nitrogens is 2. The van der Waals surface area contributed by atoms with Crippen LogP contribution >= 0.6 is 47.8 Å². The molecule has 5 nitrogen and oxygen atoms in total. The van der Waals surface area contributed by atoms with Crippen LogP contribution in [0.5, 0.6) is 0 Å². The summed E-state index contributed by atoms with van der Waals surface area (Å²) in [5.41, 5.74) is 8.32. The van der Waals surface area contributed by atoms with Crippen LogP contribution < -0.4 is 5.73 Å². The molecule has 0 aliphatic rings. The molecular weight excluding hydrogens is 478 g/mol. The van der Waals surface area contributed by atoms with Crippen LogP contribution in [0.2, 0.25) is 0 Å². The Morgan fingerprint density at radius 1 is 0.955 bits per heavy atom. The van der Waals surface area contributed by atoms with E-state index in [1.807, 2.05) is 12.1 Å². The van der Waals surface area contributed by atoms with Gasteiger partial charge in [-0.1, -0.05) is 15.9 Å². The second-order valence-corrected chi connectivity index (χ2v) is 5.99. The Bertz CT molecular complexity index is 671. The zero-order valence-electron chi connectivity index (χ0n) is 11.2. The van der Waals surface area contributed by atoms with Gasteiger partial charge in [0.05, 0.1) is 11.1 Å². The molecule has 0 aliphatic carbocycles. The van der Waals surface area contributed by atoms with E-state index in [0.717, 1.165) is 16.5 Å². The molecule has 2 aromatic rings. The van der Waals surface area contributed by atoms with Gasteiger partial charge in [-0.15, -0.1) is 0 Å². The molecule has 2 aromatic heterocycles. The maximum absolute atomic E-state index is 8.60. The monoisotopic (exact) mass is 485 g/mol. The molecule has 2 rings (SSSR count). The second-order valence-electron chi connectivity index (χ2n) is 3.93. The van der Waals surface area contributed by atoms with Gasteiger partial charge in [0.15, 0.2) is 0 Å². The fourth-order valence-corrected chi connectivity index (χ4v) is 2.24. The number of nitrogens with zero attached hydrogens (tertiary/aromatic N) is 4. The molecule has 8 heteroatoms. The summed E-state index contributed by atoms with van der Waals surface area (Å²) in [6.45, 7) is 0.412. The highest BCUT2D eigenvalue weighted by atomic mass is 79.9. The normalized spacial score (nSPS) is 9.18. The number of rotatable bonds is 2. The average Bonchev–Trinajstić information content (AvgIpc) is 2.56. The molecule has 0 fully saturated rings. The van der Waals surface area contributed by atoms with Crippen molar-refractivity contribution in [1.82, 2.24) is 9.97 Å². The first-order valence-electron chi connectivity index (χ1n) is 5.90. The van der Waals surface area contributed by atoms with Crippen molar-refractivity contribution in [2.45, 2.75) is 11.9 Å². The molecule has 112 valence electrons. The third kappa shape index (κ3) is 5.47. The van der Waals surface area contributed by atoms with Crippen molar-refractivity contribution >= 4 is 47.8 Å². The minimum atomic E-state index is 0.412. The lowest BCUT2D eigenvalue weighted by Gasteiger charge is -1.96. The predicted octanol–water partition coefficient (Wildman–Crippen LogP) is 3.79. The lowest BCUT2D eigenvalue weighted by molar-refractivity contribution is 1.04. The van der Waals surface area contributed by atoms with E-state index >= 15 is 0 Å². The number of pyridine rings is 2. The van der Waals surface area contributed by atoms with Gasteiger partial charge in [0, 0.05) is 24.3 Å². The Kier molecular flexibility index (Phi) is 8.21. The molecule has 0 saturated carbocycles. The van der Waals surface area contributed by atoms with E-state index in [9.17, 15) is 0 Å². The van der Waals surface area contributed by atoms with Crippen LogP contribution in [0.15, 0.2) is 33.7 Å². The molecule has 22 heavy (non-hydrogen) atoms. The number of hydrogen-bond acceptors (Lipinski definition) is 5. The van der Waals surface area contributed by atoms with Gasteiger partial charge in [-0.2, -0.15) is 10.5 Å². The predicted molar refractivity (Wildman–Crippen MR) is 93.8 cm³/mol. The standard InChI is InChI=1S/C7H4Br2N2.C7H6BrN3/c8-2-5-1-6(3-10)7(9)11-4-5;8-7-6(3-10)1-5(2-9)4-11-7/h1,4H,2H2;1,4H,2,9H2. The summed E-state index contributed by atoms with van der Waals surface area (Å²) in [5.74, 6) is 0. The fraction of sp³-hybridized carbons (Fsp3) is 0.143. The van der Waals surface area contributed by atoms with Crippen molar-refractivity contribution in [2.24, 2.45) is 5.73 Å². The lowest BCUT2D eigenvalue weighted by atomic mass is 10.2. The van der Waals surface area contributed by atoms with Gasteiger partial charge in [-0.25, -0.2) is 9.97 Å². The number of halogens is 3. The zero-order chi connectivity index (χ0) is 16.5. The second kappa shape index (κ2) is 9.65. The van der Waals surface area contributed by atoms with Gasteiger partial charge >= 0.3 is 0 Å². The largest absolute Gasteiger partial charge is 0.326 e. The number of nitriles is 2. The average molecular weight is 488 g/mol. The van der Waals surface area contributed by atoms with E-state index in [-0.39, 0.29) is 0 Å². The van der Waals surface area contributed by atoms with Crippen molar-refractivity contribution in [1.29, 1.82) is 10.5 Å². The summed E-state index contributed by atoms with van der Waals surface area (Å²) < 4.78 is 1.17.